The second-order valence-corrected chi connectivity index (χ2v) is 14.3. The van der Waals surface area contributed by atoms with Crippen molar-refractivity contribution in [1.82, 2.24) is 20.4 Å². The summed E-state index contributed by atoms with van der Waals surface area (Å²) >= 11 is 0. The van der Waals surface area contributed by atoms with Crippen LogP contribution in [0.3, 0.4) is 0 Å². The van der Waals surface area contributed by atoms with Crippen molar-refractivity contribution in [2.75, 3.05) is 60.2 Å². The molecule has 0 unspecified atom stereocenters. The Labute approximate surface area is 275 Å². The van der Waals surface area contributed by atoms with E-state index in [4.69, 9.17) is 18.9 Å². The van der Waals surface area contributed by atoms with Crippen molar-refractivity contribution in [3.05, 3.63) is 0 Å². The molecule has 13 nitrogen and oxygen atoms in total. The van der Waals surface area contributed by atoms with Gasteiger partial charge in [0.2, 0.25) is 29.5 Å². The molecular formula is C33H60N4O9. The zero-order valence-corrected chi connectivity index (χ0v) is 30.0. The number of rotatable bonds is 23. The van der Waals surface area contributed by atoms with Crippen LogP contribution in [0.1, 0.15) is 100 Å². The van der Waals surface area contributed by atoms with Crippen LogP contribution < -0.4 is 10.6 Å². The van der Waals surface area contributed by atoms with E-state index < -0.39 is 11.2 Å². The summed E-state index contributed by atoms with van der Waals surface area (Å²) in [6, 6.07) is 0. The van der Waals surface area contributed by atoms with Gasteiger partial charge in [-0.25, -0.2) is 0 Å². The molecule has 0 aromatic heterocycles. The summed E-state index contributed by atoms with van der Waals surface area (Å²) in [6.45, 7) is 16.9. The Bertz CT molecular complexity index is 1010. The van der Waals surface area contributed by atoms with Gasteiger partial charge in [0, 0.05) is 59.7 Å². The number of carbonyl (C=O) groups is 5. The van der Waals surface area contributed by atoms with Gasteiger partial charge in [0.15, 0.2) is 0 Å². The van der Waals surface area contributed by atoms with Crippen LogP contribution in [0.2, 0.25) is 0 Å². The summed E-state index contributed by atoms with van der Waals surface area (Å²) in [6.07, 6.45) is 2.30. The quantitative estimate of drug-likeness (QED) is 0.125. The minimum atomic E-state index is -0.762. The van der Waals surface area contributed by atoms with E-state index in [0.29, 0.717) is 39.0 Å². The average Bonchev–Trinajstić information content (AvgIpc) is 3.27. The van der Waals surface area contributed by atoms with E-state index >= 15 is 0 Å². The first kappa shape index (κ1) is 41.4. The van der Waals surface area contributed by atoms with Gasteiger partial charge < -0.3 is 34.5 Å². The van der Waals surface area contributed by atoms with Gasteiger partial charge in [-0.1, -0.05) is 0 Å². The van der Waals surface area contributed by atoms with Gasteiger partial charge in [0.1, 0.15) is 0 Å². The monoisotopic (exact) mass is 656 g/mol. The zero-order chi connectivity index (χ0) is 35.2. The predicted octanol–water partition coefficient (Wildman–Crippen LogP) is 2.59. The Morgan fingerprint density at radius 3 is 1.70 bits per heavy atom. The Hall–Kier alpha value is -2.61. The lowest BCUT2D eigenvalue weighted by molar-refractivity contribution is -0.143. The molecule has 5 amide bonds. The van der Waals surface area contributed by atoms with Crippen molar-refractivity contribution in [3.63, 3.8) is 0 Å². The highest BCUT2D eigenvalue weighted by molar-refractivity contribution is 6.02. The summed E-state index contributed by atoms with van der Waals surface area (Å²) < 4.78 is 23.1. The van der Waals surface area contributed by atoms with Crippen LogP contribution in [0.25, 0.3) is 0 Å². The molecule has 2 N–H and O–H groups in total. The molecule has 13 heteroatoms. The minimum absolute atomic E-state index is 0.00461. The van der Waals surface area contributed by atoms with Gasteiger partial charge >= 0.3 is 0 Å². The van der Waals surface area contributed by atoms with E-state index in [1.54, 1.807) is 14.2 Å². The summed E-state index contributed by atoms with van der Waals surface area (Å²) in [5, 5.41) is 5.43. The topological polar surface area (TPSA) is 153 Å². The predicted molar refractivity (Wildman–Crippen MR) is 174 cm³/mol. The van der Waals surface area contributed by atoms with Gasteiger partial charge in [-0.05, 0) is 74.7 Å². The molecule has 1 saturated heterocycles. The number of imide groups is 1. The molecule has 1 aliphatic heterocycles. The molecule has 0 aromatic carbocycles. The SMILES string of the molecule is COC(C)(C)CCOC(C)(C)CCN(CC(=O)NCCNC(=O)CCN1C(=O)CCC1=O)C(=O)CC(C)(C)OCCC(C)(C)OC. The molecule has 1 heterocycles. The Morgan fingerprint density at radius 1 is 0.717 bits per heavy atom. The van der Waals surface area contributed by atoms with Gasteiger partial charge in [-0.2, -0.15) is 0 Å². The number of carbonyl (C=O) groups excluding carboxylic acids is 5. The third-order valence-corrected chi connectivity index (χ3v) is 8.23. The van der Waals surface area contributed by atoms with Gasteiger partial charge in [0.05, 0.1) is 48.6 Å². The van der Waals surface area contributed by atoms with Crippen LogP contribution in [0.15, 0.2) is 0 Å². The molecule has 0 aliphatic carbocycles. The van der Waals surface area contributed by atoms with E-state index in [-0.39, 0.29) is 92.6 Å². The van der Waals surface area contributed by atoms with E-state index in [2.05, 4.69) is 10.6 Å². The van der Waals surface area contributed by atoms with Crippen molar-refractivity contribution in [3.8, 4) is 0 Å². The summed E-state index contributed by atoms with van der Waals surface area (Å²) in [7, 11) is 3.32. The van der Waals surface area contributed by atoms with Crippen molar-refractivity contribution >= 4 is 29.5 Å². The molecule has 1 fully saturated rings. The number of amides is 5. The minimum Gasteiger partial charge on any atom is -0.379 e. The van der Waals surface area contributed by atoms with Crippen molar-refractivity contribution in [2.45, 2.75) is 123 Å². The molecule has 0 bridgehead atoms. The van der Waals surface area contributed by atoms with Crippen LogP contribution >= 0.6 is 0 Å². The first-order valence-electron chi connectivity index (χ1n) is 16.2. The number of hydrogen-bond acceptors (Lipinski definition) is 9. The smallest absolute Gasteiger partial charge is 0.239 e. The third kappa shape index (κ3) is 16.8. The fourth-order valence-electron chi connectivity index (χ4n) is 4.45. The van der Waals surface area contributed by atoms with Crippen molar-refractivity contribution in [2.24, 2.45) is 0 Å². The van der Waals surface area contributed by atoms with Gasteiger partial charge in [-0.15, -0.1) is 0 Å². The second-order valence-electron chi connectivity index (χ2n) is 14.3. The lowest BCUT2D eigenvalue weighted by Gasteiger charge is -2.33. The fourth-order valence-corrected chi connectivity index (χ4v) is 4.45. The second kappa shape index (κ2) is 18.7. The average molecular weight is 657 g/mol. The number of hydrogen-bond donors (Lipinski definition) is 2. The number of nitrogens with one attached hydrogen (secondary N) is 2. The fraction of sp³-hybridized carbons (Fsp3) is 0.848. The standard InChI is InChI=1S/C33H60N4O9/c1-30(2,43-9)15-21-45-32(5,6)14-20-36(29(42)23-33(7,8)46-22-16-31(3,4)44-10)24-26(39)35-18-17-34-25(38)13-19-37-27(40)11-12-28(37)41/h11-24H2,1-10H3,(H,34,38)(H,35,39). The van der Waals surface area contributed by atoms with Crippen LogP contribution in [0.4, 0.5) is 0 Å². The zero-order valence-electron chi connectivity index (χ0n) is 30.0. The number of methoxy groups -OCH3 is 2. The first-order chi connectivity index (χ1) is 21.2. The molecule has 0 atom stereocenters. The molecular weight excluding hydrogens is 596 g/mol. The lowest BCUT2D eigenvalue weighted by atomic mass is 10.0. The number of nitrogens with zero attached hydrogens (tertiary/aromatic N) is 2. The van der Waals surface area contributed by atoms with E-state index in [1.807, 2.05) is 55.4 Å². The number of ether oxygens (including phenoxy) is 4. The van der Waals surface area contributed by atoms with Gasteiger partial charge in [0.25, 0.3) is 0 Å². The molecule has 0 radical (unpaired) electrons. The highest BCUT2D eigenvalue weighted by Crippen LogP contribution is 2.22. The van der Waals surface area contributed by atoms with Crippen molar-refractivity contribution in [1.29, 1.82) is 0 Å². The van der Waals surface area contributed by atoms with E-state index in [0.717, 1.165) is 4.90 Å². The lowest BCUT2D eigenvalue weighted by Crippen LogP contribution is -2.46. The highest BCUT2D eigenvalue weighted by Gasteiger charge is 2.31. The maximum absolute atomic E-state index is 13.5. The maximum atomic E-state index is 13.5. The maximum Gasteiger partial charge on any atom is 0.239 e. The van der Waals surface area contributed by atoms with E-state index in [9.17, 15) is 24.0 Å². The van der Waals surface area contributed by atoms with Crippen molar-refractivity contribution < 1.29 is 42.9 Å². The summed E-state index contributed by atoms with van der Waals surface area (Å²) in [5.74, 6) is -1.44. The normalized spacial score (nSPS) is 14.5. The Kier molecular flexibility index (Phi) is 16.8. The Morgan fingerprint density at radius 2 is 1.20 bits per heavy atom. The van der Waals surface area contributed by atoms with Crippen LogP contribution in [0.5, 0.6) is 0 Å². The summed E-state index contributed by atoms with van der Waals surface area (Å²) in [5.41, 5.74) is -1.97. The van der Waals surface area contributed by atoms with Crippen LogP contribution in [-0.2, 0) is 42.9 Å². The molecule has 266 valence electrons. The molecule has 46 heavy (non-hydrogen) atoms. The van der Waals surface area contributed by atoms with E-state index in [1.165, 1.54) is 4.90 Å². The highest BCUT2D eigenvalue weighted by atomic mass is 16.5. The molecule has 0 spiro atoms. The van der Waals surface area contributed by atoms with Crippen LogP contribution in [-0.4, -0.2) is 122 Å². The molecule has 1 aliphatic rings. The Balaban J connectivity index is 2.71. The number of likely N-dealkylation sites (tertiary alicyclic amines) is 1. The summed E-state index contributed by atoms with van der Waals surface area (Å²) in [4.78, 5) is 64.6. The van der Waals surface area contributed by atoms with Gasteiger partial charge in [-0.3, -0.25) is 28.9 Å². The third-order valence-electron chi connectivity index (χ3n) is 8.23. The largest absolute Gasteiger partial charge is 0.379 e. The molecule has 1 rings (SSSR count). The van der Waals surface area contributed by atoms with Crippen LogP contribution in [0, 0.1) is 0 Å². The molecule has 0 saturated carbocycles. The molecule has 0 aromatic rings. The first-order valence-corrected chi connectivity index (χ1v) is 16.2.